The highest BCUT2D eigenvalue weighted by Gasteiger charge is 2.67. The molecule has 0 aromatic heterocycles. The number of carbonyl (C=O) groups is 2. The molecule has 1 amide bonds. The van der Waals surface area contributed by atoms with Crippen LogP contribution in [-0.2, 0) is 30.6 Å². The molecule has 0 radical (unpaired) electrons. The summed E-state index contributed by atoms with van der Waals surface area (Å²) in [5.41, 5.74) is -0.965. The fraction of sp³-hybridized carbons (Fsp3) is 0.600. The van der Waals surface area contributed by atoms with E-state index in [1.807, 2.05) is 44.2 Å². The van der Waals surface area contributed by atoms with Crippen molar-refractivity contribution in [2.45, 2.75) is 58.3 Å². The normalized spacial score (nSPS) is 27.3. The van der Waals surface area contributed by atoms with Gasteiger partial charge in [0.15, 0.2) is 5.41 Å². The van der Waals surface area contributed by atoms with Crippen LogP contribution in [-0.4, -0.2) is 41.6 Å². The molecule has 2 unspecified atom stereocenters. The van der Waals surface area contributed by atoms with Gasteiger partial charge >= 0.3 is 5.97 Å². The Bertz CT molecular complexity index is 657. The molecule has 2 aliphatic heterocycles. The first-order valence-corrected chi connectivity index (χ1v) is 9.36. The Kier molecular flexibility index (Phi) is 5.34. The number of esters is 1. The van der Waals surface area contributed by atoms with Gasteiger partial charge in [-0.05, 0) is 25.3 Å². The Morgan fingerprint density at radius 2 is 1.92 bits per heavy atom. The van der Waals surface area contributed by atoms with Crippen molar-refractivity contribution in [2.75, 3.05) is 13.2 Å². The van der Waals surface area contributed by atoms with Gasteiger partial charge in [-0.2, -0.15) is 0 Å². The van der Waals surface area contributed by atoms with Crippen molar-refractivity contribution in [2.24, 2.45) is 5.41 Å². The van der Waals surface area contributed by atoms with E-state index in [9.17, 15) is 9.59 Å². The van der Waals surface area contributed by atoms with E-state index in [2.05, 4.69) is 0 Å². The lowest BCUT2D eigenvalue weighted by Crippen LogP contribution is -2.57. The van der Waals surface area contributed by atoms with Crippen molar-refractivity contribution < 1.29 is 24.1 Å². The van der Waals surface area contributed by atoms with Gasteiger partial charge in [0.25, 0.3) is 0 Å². The lowest BCUT2D eigenvalue weighted by molar-refractivity contribution is -0.423. The first-order valence-electron chi connectivity index (χ1n) is 9.36. The zero-order valence-electron chi connectivity index (χ0n) is 15.7. The fourth-order valence-corrected chi connectivity index (χ4v) is 3.97. The summed E-state index contributed by atoms with van der Waals surface area (Å²) in [6.45, 7) is 6.69. The molecule has 26 heavy (non-hydrogen) atoms. The molecule has 1 aromatic carbocycles. The SMILES string of the molecule is CCOC(=O)C12CC(CC)(CC)OOC1CN(Cc1ccccc1)C2=O. The van der Waals surface area contributed by atoms with E-state index < -0.39 is 23.1 Å². The third-order valence-corrected chi connectivity index (χ3v) is 5.69. The van der Waals surface area contributed by atoms with Crippen LogP contribution in [0.4, 0.5) is 0 Å². The topological polar surface area (TPSA) is 65.1 Å². The second-order valence-corrected chi connectivity index (χ2v) is 7.10. The standard InChI is InChI=1S/C20H27NO5/c1-4-19(5-2)14-20(18(23)24-6-3)16(25-26-19)13-21(17(20)22)12-15-10-8-7-9-11-15/h7-11,16H,4-6,12-14H2,1-3H3. The molecule has 2 atom stereocenters. The second kappa shape index (κ2) is 7.37. The minimum absolute atomic E-state index is 0.223. The van der Waals surface area contributed by atoms with Crippen LogP contribution in [0.5, 0.6) is 0 Å². The van der Waals surface area contributed by atoms with E-state index in [4.69, 9.17) is 14.5 Å². The largest absolute Gasteiger partial charge is 0.465 e. The summed E-state index contributed by atoms with van der Waals surface area (Å²) in [5.74, 6) is -0.723. The summed E-state index contributed by atoms with van der Waals surface area (Å²) in [6.07, 6.45) is 0.955. The third kappa shape index (κ3) is 3.01. The quantitative estimate of drug-likeness (QED) is 0.443. The van der Waals surface area contributed by atoms with Crippen LogP contribution in [0.15, 0.2) is 30.3 Å². The lowest BCUT2D eigenvalue weighted by atomic mass is 9.71. The van der Waals surface area contributed by atoms with Crippen LogP contribution in [0.25, 0.3) is 0 Å². The molecular weight excluding hydrogens is 334 g/mol. The zero-order valence-corrected chi connectivity index (χ0v) is 15.7. The van der Waals surface area contributed by atoms with Gasteiger partial charge in [0.05, 0.1) is 13.2 Å². The Balaban J connectivity index is 1.93. The summed E-state index contributed by atoms with van der Waals surface area (Å²) in [7, 11) is 0. The molecule has 0 N–H and O–H groups in total. The van der Waals surface area contributed by atoms with Gasteiger partial charge in [0, 0.05) is 13.0 Å². The van der Waals surface area contributed by atoms with Gasteiger partial charge in [0.1, 0.15) is 11.7 Å². The molecule has 0 bridgehead atoms. The highest BCUT2D eigenvalue weighted by molar-refractivity contribution is 6.05. The summed E-state index contributed by atoms with van der Waals surface area (Å²) in [4.78, 5) is 39.3. The van der Waals surface area contributed by atoms with Crippen molar-refractivity contribution in [1.82, 2.24) is 4.90 Å². The number of hydrogen-bond donors (Lipinski definition) is 0. The molecule has 142 valence electrons. The van der Waals surface area contributed by atoms with Crippen molar-refractivity contribution >= 4 is 11.9 Å². The van der Waals surface area contributed by atoms with E-state index in [0.29, 0.717) is 32.4 Å². The van der Waals surface area contributed by atoms with Crippen molar-refractivity contribution in [3.8, 4) is 0 Å². The van der Waals surface area contributed by atoms with E-state index in [0.717, 1.165) is 5.56 Å². The first kappa shape index (κ1) is 18.9. The fourth-order valence-electron chi connectivity index (χ4n) is 3.97. The molecule has 6 heteroatoms. The molecule has 2 fully saturated rings. The van der Waals surface area contributed by atoms with Gasteiger partial charge in [0.2, 0.25) is 5.91 Å². The molecule has 2 heterocycles. The number of likely N-dealkylation sites (tertiary alicyclic amines) is 1. The molecular formula is C20H27NO5. The number of ether oxygens (including phenoxy) is 1. The molecule has 0 saturated carbocycles. The van der Waals surface area contributed by atoms with Crippen LogP contribution >= 0.6 is 0 Å². The van der Waals surface area contributed by atoms with Crippen LogP contribution < -0.4 is 0 Å². The maximum Gasteiger partial charge on any atom is 0.324 e. The first-order chi connectivity index (χ1) is 12.5. The summed E-state index contributed by atoms with van der Waals surface area (Å²) >= 11 is 0. The highest BCUT2D eigenvalue weighted by Crippen LogP contribution is 2.49. The predicted octanol–water partition coefficient (Wildman–Crippen LogP) is 2.86. The van der Waals surface area contributed by atoms with E-state index in [1.54, 1.807) is 11.8 Å². The molecule has 2 aliphatic rings. The summed E-state index contributed by atoms with van der Waals surface area (Å²) in [6, 6.07) is 9.73. The number of carbonyl (C=O) groups excluding carboxylic acids is 2. The summed E-state index contributed by atoms with van der Waals surface area (Å²) < 4.78 is 5.32. The molecule has 1 aromatic rings. The lowest BCUT2D eigenvalue weighted by Gasteiger charge is -2.44. The number of amides is 1. The zero-order chi connectivity index (χ0) is 18.8. The number of nitrogens with zero attached hydrogens (tertiary/aromatic N) is 1. The Morgan fingerprint density at radius 3 is 2.54 bits per heavy atom. The Hall–Kier alpha value is -1.92. The van der Waals surface area contributed by atoms with E-state index in [1.165, 1.54) is 0 Å². The smallest absolute Gasteiger partial charge is 0.324 e. The number of fused-ring (bicyclic) bond motifs is 1. The molecule has 3 rings (SSSR count). The van der Waals surface area contributed by atoms with Gasteiger partial charge in [-0.1, -0.05) is 44.2 Å². The predicted molar refractivity (Wildman–Crippen MR) is 94.8 cm³/mol. The highest BCUT2D eigenvalue weighted by atomic mass is 17.2. The second-order valence-electron chi connectivity index (χ2n) is 7.10. The number of hydrogen-bond acceptors (Lipinski definition) is 5. The van der Waals surface area contributed by atoms with Gasteiger partial charge in [-0.3, -0.25) is 9.59 Å². The maximum absolute atomic E-state index is 13.4. The van der Waals surface area contributed by atoms with Crippen LogP contribution in [0.1, 0.15) is 45.6 Å². The van der Waals surface area contributed by atoms with Crippen molar-refractivity contribution in [1.29, 1.82) is 0 Å². The van der Waals surface area contributed by atoms with Gasteiger partial charge in [-0.25, -0.2) is 9.78 Å². The van der Waals surface area contributed by atoms with E-state index in [-0.39, 0.29) is 12.5 Å². The minimum Gasteiger partial charge on any atom is -0.465 e. The minimum atomic E-state index is -1.32. The monoisotopic (exact) mass is 361 g/mol. The summed E-state index contributed by atoms with van der Waals surface area (Å²) in [5, 5.41) is 0. The van der Waals surface area contributed by atoms with Crippen molar-refractivity contribution in [3.63, 3.8) is 0 Å². The van der Waals surface area contributed by atoms with Crippen LogP contribution in [0.2, 0.25) is 0 Å². The Labute approximate surface area is 154 Å². The molecule has 0 aliphatic carbocycles. The van der Waals surface area contributed by atoms with Crippen LogP contribution in [0.3, 0.4) is 0 Å². The van der Waals surface area contributed by atoms with Gasteiger partial charge in [-0.15, -0.1) is 0 Å². The maximum atomic E-state index is 13.4. The number of rotatable bonds is 6. The van der Waals surface area contributed by atoms with Crippen molar-refractivity contribution in [3.05, 3.63) is 35.9 Å². The third-order valence-electron chi connectivity index (χ3n) is 5.69. The molecule has 6 nitrogen and oxygen atoms in total. The Morgan fingerprint density at radius 1 is 1.23 bits per heavy atom. The van der Waals surface area contributed by atoms with Crippen LogP contribution in [0, 0.1) is 5.41 Å². The molecule has 2 saturated heterocycles. The number of benzene rings is 1. The van der Waals surface area contributed by atoms with E-state index >= 15 is 0 Å². The van der Waals surface area contributed by atoms with Gasteiger partial charge < -0.3 is 9.64 Å². The average Bonchev–Trinajstić information content (AvgIpc) is 2.95. The molecule has 0 spiro atoms. The average molecular weight is 361 g/mol.